The van der Waals surface area contributed by atoms with Gasteiger partial charge in [0.1, 0.15) is 0 Å². The lowest BCUT2D eigenvalue weighted by atomic mass is 10.1. The topological polar surface area (TPSA) is 95.2 Å². The predicted octanol–water partition coefficient (Wildman–Crippen LogP) is 5.14. The molecule has 0 saturated carbocycles. The molecule has 0 spiro atoms. The highest BCUT2D eigenvalue weighted by Crippen LogP contribution is 2.24. The highest BCUT2D eigenvalue weighted by Gasteiger charge is 2.16. The van der Waals surface area contributed by atoms with Gasteiger partial charge in [-0.15, -0.1) is 0 Å². The monoisotopic (exact) mass is 409 g/mol. The molecule has 0 aliphatic rings. The maximum absolute atomic E-state index is 13.8. The molecule has 0 N–H and O–H groups in total. The Kier molecular flexibility index (Phi) is 6.79. The number of ether oxygens (including phenoxy) is 1. The average molecular weight is 409 g/mol. The minimum atomic E-state index is -0.952. The first-order valence-corrected chi connectivity index (χ1v) is 9.55. The molecule has 0 aliphatic carbocycles. The largest absolute Gasteiger partial charge is 0.404 e. The van der Waals surface area contributed by atoms with Crippen molar-refractivity contribution in [1.29, 1.82) is 0 Å². The number of esters is 1. The van der Waals surface area contributed by atoms with Crippen LogP contribution in [-0.2, 0) is 6.42 Å². The zero-order chi connectivity index (χ0) is 21.5. The van der Waals surface area contributed by atoms with Crippen molar-refractivity contribution >= 4 is 11.7 Å². The summed E-state index contributed by atoms with van der Waals surface area (Å²) in [4.78, 5) is 30.5. The third kappa shape index (κ3) is 5.22. The number of halogens is 1. The van der Waals surface area contributed by atoms with Gasteiger partial charge in [-0.05, 0) is 42.7 Å². The molecule has 2 heterocycles. The van der Waals surface area contributed by atoms with Gasteiger partial charge in [-0.2, -0.15) is 4.39 Å². The van der Waals surface area contributed by atoms with Gasteiger partial charge in [0.15, 0.2) is 0 Å². The lowest BCUT2D eigenvalue weighted by Crippen LogP contribution is -2.10. The number of benzene rings is 1. The SMILES string of the molecule is CCCCCc1ccc(OC(=O)c2ccc(-c3ccc([N+](=O)[O-])c(F)c3)nc2)nc1. The van der Waals surface area contributed by atoms with Gasteiger partial charge in [-0.1, -0.05) is 25.8 Å². The third-order valence-electron chi connectivity index (χ3n) is 4.50. The standard InChI is InChI=1S/C22H20FN3O4/c1-2-3-4-5-15-6-11-21(25-13-15)30-22(27)17-7-9-19(24-14-17)16-8-10-20(26(28)29)18(23)12-16/h6-14H,2-5H2,1H3. The fraction of sp³-hybridized carbons (Fsp3) is 0.227. The van der Waals surface area contributed by atoms with Crippen LogP contribution in [0.3, 0.4) is 0 Å². The van der Waals surface area contributed by atoms with Gasteiger partial charge < -0.3 is 4.74 Å². The Morgan fingerprint density at radius 1 is 1.10 bits per heavy atom. The minimum absolute atomic E-state index is 0.195. The summed E-state index contributed by atoms with van der Waals surface area (Å²) in [6.45, 7) is 2.15. The summed E-state index contributed by atoms with van der Waals surface area (Å²) in [5.74, 6) is -1.37. The van der Waals surface area contributed by atoms with Crippen LogP contribution in [0.25, 0.3) is 11.3 Å². The van der Waals surface area contributed by atoms with Crippen LogP contribution in [0, 0.1) is 15.9 Å². The van der Waals surface area contributed by atoms with Crippen molar-refractivity contribution in [3.63, 3.8) is 0 Å². The van der Waals surface area contributed by atoms with Gasteiger partial charge in [0.05, 0.1) is 16.2 Å². The molecule has 2 aromatic heterocycles. The second-order valence-electron chi connectivity index (χ2n) is 6.71. The van der Waals surface area contributed by atoms with Gasteiger partial charge in [0, 0.05) is 30.1 Å². The summed E-state index contributed by atoms with van der Waals surface area (Å²) in [6, 6.07) is 10.0. The zero-order valence-electron chi connectivity index (χ0n) is 16.4. The minimum Gasteiger partial charge on any atom is -0.404 e. The van der Waals surface area contributed by atoms with Crippen molar-refractivity contribution < 1.29 is 18.8 Å². The number of carbonyl (C=O) groups is 1. The molecule has 0 unspecified atom stereocenters. The molecule has 0 atom stereocenters. The van der Waals surface area contributed by atoms with Gasteiger partial charge in [0.25, 0.3) is 0 Å². The van der Waals surface area contributed by atoms with Crippen molar-refractivity contribution in [2.24, 2.45) is 0 Å². The summed E-state index contributed by atoms with van der Waals surface area (Å²) < 4.78 is 19.1. The molecular weight excluding hydrogens is 389 g/mol. The van der Waals surface area contributed by atoms with E-state index in [2.05, 4.69) is 16.9 Å². The van der Waals surface area contributed by atoms with Crippen LogP contribution < -0.4 is 4.74 Å². The second kappa shape index (κ2) is 9.69. The number of aryl methyl sites for hydroxylation is 1. The summed E-state index contributed by atoms with van der Waals surface area (Å²) in [5, 5.41) is 10.7. The number of nitrogens with zero attached hydrogens (tertiary/aromatic N) is 3. The van der Waals surface area contributed by atoms with E-state index in [1.54, 1.807) is 12.3 Å². The van der Waals surface area contributed by atoms with Gasteiger partial charge in [0.2, 0.25) is 11.7 Å². The first-order valence-electron chi connectivity index (χ1n) is 9.55. The average Bonchev–Trinajstić information content (AvgIpc) is 2.75. The van der Waals surface area contributed by atoms with Gasteiger partial charge >= 0.3 is 11.7 Å². The highest BCUT2D eigenvalue weighted by molar-refractivity contribution is 5.90. The zero-order valence-corrected chi connectivity index (χ0v) is 16.4. The van der Waals surface area contributed by atoms with Crippen LogP contribution >= 0.6 is 0 Å². The van der Waals surface area contributed by atoms with E-state index in [1.165, 1.54) is 24.4 Å². The van der Waals surface area contributed by atoms with E-state index in [4.69, 9.17) is 4.74 Å². The van der Waals surface area contributed by atoms with Crippen LogP contribution in [0.5, 0.6) is 5.88 Å². The number of carbonyl (C=O) groups excluding carboxylic acids is 1. The van der Waals surface area contributed by atoms with Crippen LogP contribution in [0.2, 0.25) is 0 Å². The summed E-state index contributed by atoms with van der Waals surface area (Å²) in [7, 11) is 0. The van der Waals surface area contributed by atoms with Crippen molar-refractivity contribution in [1.82, 2.24) is 9.97 Å². The van der Waals surface area contributed by atoms with E-state index in [-0.39, 0.29) is 11.4 Å². The van der Waals surface area contributed by atoms with Crippen molar-refractivity contribution in [3.8, 4) is 17.1 Å². The number of nitro benzene ring substituents is 1. The van der Waals surface area contributed by atoms with Crippen molar-refractivity contribution in [2.45, 2.75) is 32.6 Å². The Bertz CT molecular complexity index is 1040. The molecule has 3 aromatic rings. The number of pyridine rings is 2. The van der Waals surface area contributed by atoms with E-state index < -0.39 is 22.4 Å². The van der Waals surface area contributed by atoms with Crippen molar-refractivity contribution in [2.75, 3.05) is 0 Å². The number of aromatic nitrogens is 2. The molecule has 154 valence electrons. The van der Waals surface area contributed by atoms with Crippen molar-refractivity contribution in [3.05, 3.63) is 81.9 Å². The summed E-state index contributed by atoms with van der Waals surface area (Å²) in [5.41, 5.74) is 1.41. The Morgan fingerprint density at radius 3 is 2.53 bits per heavy atom. The Balaban J connectivity index is 1.65. The highest BCUT2D eigenvalue weighted by atomic mass is 19.1. The predicted molar refractivity (Wildman–Crippen MR) is 109 cm³/mol. The number of hydrogen-bond donors (Lipinski definition) is 0. The Labute approximate surface area is 172 Å². The van der Waals surface area contributed by atoms with Crippen LogP contribution in [-0.4, -0.2) is 20.9 Å². The Morgan fingerprint density at radius 2 is 1.93 bits per heavy atom. The van der Waals surface area contributed by atoms with Gasteiger partial charge in [-0.3, -0.25) is 15.1 Å². The molecule has 8 heteroatoms. The Hall–Kier alpha value is -3.68. The van der Waals surface area contributed by atoms with E-state index in [0.717, 1.165) is 43.4 Å². The number of hydrogen-bond acceptors (Lipinski definition) is 6. The normalized spacial score (nSPS) is 10.6. The van der Waals surface area contributed by atoms with E-state index >= 15 is 0 Å². The van der Waals surface area contributed by atoms with E-state index in [9.17, 15) is 19.3 Å². The van der Waals surface area contributed by atoms with Gasteiger partial charge in [-0.25, -0.2) is 9.78 Å². The molecule has 1 aromatic carbocycles. The third-order valence-corrected chi connectivity index (χ3v) is 4.50. The summed E-state index contributed by atoms with van der Waals surface area (Å²) >= 11 is 0. The smallest absolute Gasteiger partial charge is 0.346 e. The first-order chi connectivity index (χ1) is 14.5. The molecule has 7 nitrogen and oxygen atoms in total. The molecule has 0 amide bonds. The molecule has 0 saturated heterocycles. The number of nitro groups is 1. The molecule has 0 fully saturated rings. The fourth-order valence-corrected chi connectivity index (χ4v) is 2.85. The number of rotatable bonds is 8. The second-order valence-corrected chi connectivity index (χ2v) is 6.71. The quantitative estimate of drug-likeness (QED) is 0.221. The maximum Gasteiger partial charge on any atom is 0.346 e. The van der Waals surface area contributed by atoms with Crippen LogP contribution in [0.15, 0.2) is 54.9 Å². The summed E-state index contributed by atoms with van der Waals surface area (Å²) in [6.07, 6.45) is 7.33. The fourth-order valence-electron chi connectivity index (χ4n) is 2.85. The first kappa shape index (κ1) is 21.0. The molecule has 0 radical (unpaired) electrons. The van der Waals surface area contributed by atoms with E-state index in [1.807, 2.05) is 6.07 Å². The number of unbranched alkanes of at least 4 members (excludes halogenated alkanes) is 2. The maximum atomic E-state index is 13.8. The van der Waals surface area contributed by atoms with E-state index in [0.29, 0.717) is 11.3 Å². The van der Waals surface area contributed by atoms with Crippen LogP contribution in [0.4, 0.5) is 10.1 Å². The molecular formula is C22H20FN3O4. The molecule has 30 heavy (non-hydrogen) atoms. The molecule has 3 rings (SSSR count). The lowest BCUT2D eigenvalue weighted by molar-refractivity contribution is -0.387. The van der Waals surface area contributed by atoms with Crippen LogP contribution in [0.1, 0.15) is 42.1 Å². The lowest BCUT2D eigenvalue weighted by Gasteiger charge is -2.06. The molecule has 0 bridgehead atoms. The molecule has 0 aliphatic heterocycles.